The number of methoxy groups -OCH3 is 1. The third-order valence-corrected chi connectivity index (χ3v) is 2.66. The Bertz CT molecular complexity index is 656. The summed E-state index contributed by atoms with van der Waals surface area (Å²) in [4.78, 5) is 23.5. The van der Waals surface area contributed by atoms with E-state index in [-0.39, 0.29) is 0 Å². The smallest absolute Gasteiger partial charge is 0.314 e. The number of benzene rings is 2. The Morgan fingerprint density at radius 2 is 1.57 bits per heavy atom. The maximum atomic E-state index is 12.7. The highest BCUT2D eigenvalue weighted by Crippen LogP contribution is 2.22. The van der Waals surface area contributed by atoms with E-state index in [1.54, 1.807) is 24.3 Å². The highest BCUT2D eigenvalue weighted by atomic mass is 19.1. The van der Waals surface area contributed by atoms with Crippen molar-refractivity contribution in [2.45, 2.75) is 0 Å². The second-order valence-electron chi connectivity index (χ2n) is 4.12. The van der Waals surface area contributed by atoms with Gasteiger partial charge in [-0.1, -0.05) is 12.1 Å². The molecule has 0 atom stereocenters. The third kappa shape index (κ3) is 3.79. The van der Waals surface area contributed by atoms with Gasteiger partial charge >= 0.3 is 11.8 Å². The summed E-state index contributed by atoms with van der Waals surface area (Å²) in [6.07, 6.45) is 0. The first-order valence-corrected chi connectivity index (χ1v) is 6.11. The highest BCUT2D eigenvalue weighted by molar-refractivity contribution is 6.43. The van der Waals surface area contributed by atoms with E-state index in [4.69, 9.17) is 4.74 Å². The summed E-state index contributed by atoms with van der Waals surface area (Å²) in [5, 5.41) is 4.81. The molecule has 0 saturated heterocycles. The van der Waals surface area contributed by atoms with Crippen LogP contribution >= 0.6 is 0 Å². The largest absolute Gasteiger partial charge is 0.495 e. The summed E-state index contributed by atoms with van der Waals surface area (Å²) < 4.78 is 17.8. The zero-order chi connectivity index (χ0) is 15.2. The molecule has 21 heavy (non-hydrogen) atoms. The molecule has 2 amide bonds. The van der Waals surface area contributed by atoms with Gasteiger partial charge in [0.05, 0.1) is 12.8 Å². The van der Waals surface area contributed by atoms with Crippen molar-refractivity contribution in [1.29, 1.82) is 0 Å². The first kappa shape index (κ1) is 14.5. The van der Waals surface area contributed by atoms with E-state index >= 15 is 0 Å². The number of hydrogen-bond donors (Lipinski definition) is 2. The molecule has 2 aromatic rings. The van der Waals surface area contributed by atoms with Gasteiger partial charge < -0.3 is 15.4 Å². The molecule has 5 nitrogen and oxygen atoms in total. The summed E-state index contributed by atoms with van der Waals surface area (Å²) in [7, 11) is 1.46. The summed E-state index contributed by atoms with van der Waals surface area (Å²) in [5.74, 6) is -1.68. The SMILES string of the molecule is COc1ccccc1NC(=O)C(=O)Nc1ccc(F)cc1. The normalized spacial score (nSPS) is 9.81. The molecule has 0 radical (unpaired) electrons. The Balaban J connectivity index is 2.02. The number of nitrogens with one attached hydrogen (secondary N) is 2. The minimum Gasteiger partial charge on any atom is -0.495 e. The molecule has 2 aromatic carbocycles. The van der Waals surface area contributed by atoms with Gasteiger partial charge in [-0.15, -0.1) is 0 Å². The van der Waals surface area contributed by atoms with Crippen LogP contribution in [0, 0.1) is 5.82 Å². The molecule has 0 saturated carbocycles. The van der Waals surface area contributed by atoms with Crippen molar-refractivity contribution in [2.24, 2.45) is 0 Å². The van der Waals surface area contributed by atoms with Crippen molar-refractivity contribution in [1.82, 2.24) is 0 Å². The van der Waals surface area contributed by atoms with Gasteiger partial charge in [-0.05, 0) is 36.4 Å². The molecule has 6 heteroatoms. The summed E-state index contributed by atoms with van der Waals surface area (Å²) >= 11 is 0. The maximum Gasteiger partial charge on any atom is 0.314 e. The molecule has 0 heterocycles. The van der Waals surface area contributed by atoms with Crippen molar-refractivity contribution in [3.63, 3.8) is 0 Å². The number of rotatable bonds is 3. The van der Waals surface area contributed by atoms with E-state index in [2.05, 4.69) is 10.6 Å². The molecule has 108 valence electrons. The van der Waals surface area contributed by atoms with Crippen LogP contribution in [-0.2, 0) is 9.59 Å². The molecule has 0 aliphatic rings. The lowest BCUT2D eigenvalue weighted by Gasteiger charge is -2.09. The molecular weight excluding hydrogens is 275 g/mol. The second kappa shape index (κ2) is 6.51. The van der Waals surface area contributed by atoms with Gasteiger partial charge in [0.25, 0.3) is 0 Å². The number of carbonyl (C=O) groups excluding carboxylic acids is 2. The number of ether oxygens (including phenoxy) is 1. The van der Waals surface area contributed by atoms with Gasteiger partial charge in [0, 0.05) is 5.69 Å². The van der Waals surface area contributed by atoms with Gasteiger partial charge in [-0.25, -0.2) is 4.39 Å². The standard InChI is InChI=1S/C15H13FN2O3/c1-21-13-5-3-2-4-12(13)18-15(20)14(19)17-11-8-6-10(16)7-9-11/h2-9H,1H3,(H,17,19)(H,18,20). The second-order valence-corrected chi connectivity index (χ2v) is 4.12. The molecule has 0 fully saturated rings. The number of amides is 2. The van der Waals surface area contributed by atoms with Crippen LogP contribution in [0.2, 0.25) is 0 Å². The van der Waals surface area contributed by atoms with Crippen LogP contribution < -0.4 is 15.4 Å². The molecule has 2 N–H and O–H groups in total. The number of para-hydroxylation sites is 2. The topological polar surface area (TPSA) is 67.4 Å². The minimum absolute atomic E-state index is 0.330. The van der Waals surface area contributed by atoms with E-state index in [0.717, 1.165) is 0 Å². The van der Waals surface area contributed by atoms with E-state index in [9.17, 15) is 14.0 Å². The number of halogens is 1. The maximum absolute atomic E-state index is 12.7. The quantitative estimate of drug-likeness (QED) is 0.852. The molecule has 0 aromatic heterocycles. The molecule has 0 aliphatic heterocycles. The summed E-state index contributed by atoms with van der Waals surface area (Å²) in [6.45, 7) is 0. The molecule has 2 rings (SSSR count). The van der Waals surface area contributed by atoms with E-state index in [0.29, 0.717) is 17.1 Å². The van der Waals surface area contributed by atoms with Crippen LogP contribution in [0.15, 0.2) is 48.5 Å². The van der Waals surface area contributed by atoms with Crippen LogP contribution in [0.4, 0.5) is 15.8 Å². The van der Waals surface area contributed by atoms with Gasteiger partial charge in [0.15, 0.2) is 0 Å². The Hall–Kier alpha value is -2.89. The predicted molar refractivity (Wildman–Crippen MR) is 76.7 cm³/mol. The fourth-order valence-corrected chi connectivity index (χ4v) is 1.65. The lowest BCUT2D eigenvalue weighted by atomic mass is 10.3. The van der Waals surface area contributed by atoms with Crippen LogP contribution in [0.5, 0.6) is 5.75 Å². The Morgan fingerprint density at radius 1 is 0.952 bits per heavy atom. The number of carbonyl (C=O) groups is 2. The lowest BCUT2D eigenvalue weighted by molar-refractivity contribution is -0.133. The van der Waals surface area contributed by atoms with Crippen LogP contribution in [0.1, 0.15) is 0 Å². The van der Waals surface area contributed by atoms with Crippen molar-refractivity contribution < 1.29 is 18.7 Å². The minimum atomic E-state index is -0.854. The van der Waals surface area contributed by atoms with E-state index in [1.165, 1.54) is 31.4 Å². The van der Waals surface area contributed by atoms with Crippen molar-refractivity contribution in [3.05, 3.63) is 54.3 Å². The van der Waals surface area contributed by atoms with Gasteiger partial charge in [0.2, 0.25) is 0 Å². The van der Waals surface area contributed by atoms with Crippen molar-refractivity contribution in [3.8, 4) is 5.75 Å². The van der Waals surface area contributed by atoms with Gasteiger partial charge in [-0.2, -0.15) is 0 Å². The summed E-state index contributed by atoms with van der Waals surface area (Å²) in [5.41, 5.74) is 0.718. The zero-order valence-electron chi connectivity index (χ0n) is 11.2. The monoisotopic (exact) mass is 288 g/mol. The molecule has 0 aliphatic carbocycles. The Kier molecular flexibility index (Phi) is 4.50. The van der Waals surface area contributed by atoms with E-state index < -0.39 is 17.6 Å². The van der Waals surface area contributed by atoms with Crippen molar-refractivity contribution >= 4 is 23.2 Å². The highest BCUT2D eigenvalue weighted by Gasteiger charge is 2.15. The average molecular weight is 288 g/mol. The molecule has 0 bridgehead atoms. The third-order valence-electron chi connectivity index (χ3n) is 2.66. The average Bonchev–Trinajstić information content (AvgIpc) is 2.50. The molecule has 0 unspecified atom stereocenters. The zero-order valence-corrected chi connectivity index (χ0v) is 11.2. The Morgan fingerprint density at radius 3 is 2.24 bits per heavy atom. The number of anilines is 2. The fourth-order valence-electron chi connectivity index (χ4n) is 1.65. The first-order chi connectivity index (χ1) is 10.1. The van der Waals surface area contributed by atoms with Crippen LogP contribution in [0.25, 0.3) is 0 Å². The molecule has 0 spiro atoms. The lowest BCUT2D eigenvalue weighted by Crippen LogP contribution is -2.29. The van der Waals surface area contributed by atoms with Crippen LogP contribution in [0.3, 0.4) is 0 Å². The van der Waals surface area contributed by atoms with Gasteiger partial charge in [0.1, 0.15) is 11.6 Å². The predicted octanol–water partition coefficient (Wildman–Crippen LogP) is 2.41. The van der Waals surface area contributed by atoms with Crippen molar-refractivity contribution in [2.75, 3.05) is 17.7 Å². The fraction of sp³-hybridized carbons (Fsp3) is 0.0667. The van der Waals surface area contributed by atoms with Crippen LogP contribution in [-0.4, -0.2) is 18.9 Å². The Labute approximate surface area is 120 Å². The van der Waals surface area contributed by atoms with Gasteiger partial charge in [-0.3, -0.25) is 9.59 Å². The first-order valence-electron chi connectivity index (χ1n) is 6.11. The number of hydrogen-bond acceptors (Lipinski definition) is 3. The summed E-state index contributed by atoms with van der Waals surface area (Å²) in [6, 6.07) is 11.8. The molecular formula is C15H13FN2O3. The van der Waals surface area contributed by atoms with E-state index in [1.807, 2.05) is 0 Å².